The molecule has 3 rings (SSSR count). The first-order valence-electron chi connectivity index (χ1n) is 7.19. The minimum Gasteiger partial charge on any atom is -0.490 e. The largest absolute Gasteiger partial charge is 0.490 e. The molecule has 0 saturated carbocycles. The number of nitrogens with zero attached hydrogens (tertiary/aromatic N) is 3. The fraction of sp³-hybridized carbons (Fsp3) is 0.294. The van der Waals surface area contributed by atoms with E-state index in [9.17, 15) is 0 Å². The molecule has 0 bridgehead atoms. The van der Waals surface area contributed by atoms with Crippen molar-refractivity contribution in [3.63, 3.8) is 0 Å². The van der Waals surface area contributed by atoms with Gasteiger partial charge in [-0.3, -0.25) is 0 Å². The van der Waals surface area contributed by atoms with Gasteiger partial charge in [-0.05, 0) is 24.3 Å². The van der Waals surface area contributed by atoms with Crippen LogP contribution in [0.4, 0.5) is 5.82 Å². The van der Waals surface area contributed by atoms with Crippen LogP contribution in [-0.2, 0) is 0 Å². The summed E-state index contributed by atoms with van der Waals surface area (Å²) in [6, 6.07) is 17.6. The van der Waals surface area contributed by atoms with Crippen LogP contribution in [0, 0.1) is 11.3 Å². The van der Waals surface area contributed by atoms with Crippen LogP contribution in [0.5, 0.6) is 5.75 Å². The van der Waals surface area contributed by atoms with E-state index in [1.165, 1.54) is 0 Å². The number of nitriles is 1. The highest BCUT2D eigenvalue weighted by molar-refractivity contribution is 5.42. The van der Waals surface area contributed by atoms with Gasteiger partial charge >= 0.3 is 0 Å². The maximum atomic E-state index is 8.92. The van der Waals surface area contributed by atoms with Gasteiger partial charge in [0.05, 0.1) is 0 Å². The second-order valence-electron chi connectivity index (χ2n) is 5.11. The average molecular weight is 279 g/mol. The fourth-order valence-electron chi connectivity index (χ4n) is 2.56. The summed E-state index contributed by atoms with van der Waals surface area (Å²) in [5.41, 5.74) is 0.468. The Balaban J connectivity index is 1.59. The summed E-state index contributed by atoms with van der Waals surface area (Å²) >= 11 is 0. The van der Waals surface area contributed by atoms with Gasteiger partial charge in [0.2, 0.25) is 0 Å². The van der Waals surface area contributed by atoms with E-state index in [0.717, 1.165) is 37.5 Å². The molecule has 1 aromatic heterocycles. The number of benzene rings is 1. The molecule has 1 aromatic carbocycles. The van der Waals surface area contributed by atoms with E-state index in [2.05, 4.69) is 16.0 Å². The molecule has 0 unspecified atom stereocenters. The number of para-hydroxylation sites is 1. The molecule has 4 heteroatoms. The van der Waals surface area contributed by atoms with Crippen LogP contribution in [0.25, 0.3) is 0 Å². The molecular weight excluding hydrogens is 262 g/mol. The maximum Gasteiger partial charge on any atom is 0.142 e. The maximum absolute atomic E-state index is 8.92. The molecule has 0 spiro atoms. The Hall–Kier alpha value is -2.54. The summed E-state index contributed by atoms with van der Waals surface area (Å²) in [5.74, 6) is 1.81. The van der Waals surface area contributed by atoms with Gasteiger partial charge in [-0.1, -0.05) is 24.3 Å². The topological polar surface area (TPSA) is 49.2 Å². The van der Waals surface area contributed by atoms with Crippen LogP contribution >= 0.6 is 0 Å². The summed E-state index contributed by atoms with van der Waals surface area (Å²) < 4.78 is 5.98. The Bertz CT molecular complexity index is 628. The van der Waals surface area contributed by atoms with Crippen molar-refractivity contribution in [1.29, 1.82) is 5.26 Å². The molecule has 21 heavy (non-hydrogen) atoms. The van der Waals surface area contributed by atoms with E-state index >= 15 is 0 Å². The molecule has 1 aliphatic heterocycles. The normalized spacial score (nSPS) is 15.5. The summed E-state index contributed by atoms with van der Waals surface area (Å²) in [6.07, 6.45) is 2.18. The second-order valence-corrected chi connectivity index (χ2v) is 5.11. The Labute approximate surface area is 124 Å². The van der Waals surface area contributed by atoms with Crippen LogP contribution in [-0.4, -0.2) is 24.2 Å². The molecule has 106 valence electrons. The monoisotopic (exact) mass is 279 g/mol. The standard InChI is InChI=1S/C17H17N3O/c18-13-14-5-4-8-17(19-14)20-11-9-16(10-12-20)21-15-6-2-1-3-7-15/h1-8,16H,9-12H2. The molecule has 0 aliphatic carbocycles. The highest BCUT2D eigenvalue weighted by Crippen LogP contribution is 2.22. The SMILES string of the molecule is N#Cc1cccc(N2CCC(Oc3ccccc3)CC2)n1. The Morgan fingerprint density at radius 1 is 1.05 bits per heavy atom. The number of ether oxygens (including phenoxy) is 1. The van der Waals surface area contributed by atoms with Crippen molar-refractivity contribution in [3.8, 4) is 11.8 Å². The van der Waals surface area contributed by atoms with Gasteiger partial charge in [-0.25, -0.2) is 4.98 Å². The van der Waals surface area contributed by atoms with Gasteiger partial charge in [0.25, 0.3) is 0 Å². The second kappa shape index (κ2) is 6.27. The zero-order valence-electron chi connectivity index (χ0n) is 11.8. The fourth-order valence-corrected chi connectivity index (χ4v) is 2.56. The van der Waals surface area contributed by atoms with E-state index in [0.29, 0.717) is 5.69 Å². The van der Waals surface area contributed by atoms with Crippen LogP contribution in [0.1, 0.15) is 18.5 Å². The molecule has 0 N–H and O–H groups in total. The summed E-state index contributed by atoms with van der Waals surface area (Å²) in [6.45, 7) is 1.80. The van der Waals surface area contributed by atoms with Crippen molar-refractivity contribution in [2.24, 2.45) is 0 Å². The predicted molar refractivity (Wildman–Crippen MR) is 81.3 cm³/mol. The smallest absolute Gasteiger partial charge is 0.142 e. The molecule has 1 saturated heterocycles. The number of aromatic nitrogens is 1. The minimum atomic E-state index is 0.253. The third kappa shape index (κ3) is 3.32. The lowest BCUT2D eigenvalue weighted by atomic mass is 10.1. The molecule has 0 amide bonds. The first-order chi connectivity index (χ1) is 10.3. The van der Waals surface area contributed by atoms with E-state index in [4.69, 9.17) is 10.00 Å². The van der Waals surface area contributed by atoms with Crippen LogP contribution < -0.4 is 9.64 Å². The van der Waals surface area contributed by atoms with Gasteiger partial charge in [0.1, 0.15) is 29.4 Å². The number of piperidine rings is 1. The number of pyridine rings is 1. The van der Waals surface area contributed by atoms with E-state index < -0.39 is 0 Å². The van der Waals surface area contributed by atoms with Gasteiger partial charge in [0.15, 0.2) is 0 Å². The van der Waals surface area contributed by atoms with Crippen molar-refractivity contribution in [2.75, 3.05) is 18.0 Å². The minimum absolute atomic E-state index is 0.253. The van der Waals surface area contributed by atoms with Crippen molar-refractivity contribution in [1.82, 2.24) is 4.98 Å². The van der Waals surface area contributed by atoms with Crippen molar-refractivity contribution < 1.29 is 4.74 Å². The number of rotatable bonds is 3. The third-order valence-corrected chi connectivity index (χ3v) is 3.66. The van der Waals surface area contributed by atoms with E-state index in [1.807, 2.05) is 42.5 Å². The highest BCUT2D eigenvalue weighted by Gasteiger charge is 2.21. The van der Waals surface area contributed by atoms with Crippen LogP contribution in [0.3, 0.4) is 0 Å². The van der Waals surface area contributed by atoms with E-state index in [1.54, 1.807) is 6.07 Å². The highest BCUT2D eigenvalue weighted by atomic mass is 16.5. The molecule has 0 atom stereocenters. The Morgan fingerprint density at radius 2 is 1.81 bits per heavy atom. The summed E-state index contributed by atoms with van der Waals surface area (Å²) in [7, 11) is 0. The van der Waals surface area contributed by atoms with E-state index in [-0.39, 0.29) is 6.10 Å². The zero-order chi connectivity index (χ0) is 14.5. The first-order valence-corrected chi connectivity index (χ1v) is 7.19. The van der Waals surface area contributed by atoms with Crippen molar-refractivity contribution in [2.45, 2.75) is 18.9 Å². The van der Waals surface area contributed by atoms with Crippen molar-refractivity contribution >= 4 is 5.82 Å². The molecular formula is C17H17N3O. The van der Waals surface area contributed by atoms with Gasteiger partial charge in [0, 0.05) is 25.9 Å². The Morgan fingerprint density at radius 3 is 2.52 bits per heavy atom. The average Bonchev–Trinajstić information content (AvgIpc) is 2.56. The lowest BCUT2D eigenvalue weighted by Crippen LogP contribution is -2.38. The number of hydrogen-bond acceptors (Lipinski definition) is 4. The molecule has 1 fully saturated rings. The Kier molecular flexibility index (Phi) is 4.02. The first kappa shape index (κ1) is 13.4. The lowest BCUT2D eigenvalue weighted by molar-refractivity contribution is 0.170. The molecule has 2 aromatic rings. The van der Waals surface area contributed by atoms with Crippen LogP contribution in [0.2, 0.25) is 0 Å². The van der Waals surface area contributed by atoms with Gasteiger partial charge in [-0.2, -0.15) is 5.26 Å². The molecule has 0 radical (unpaired) electrons. The summed E-state index contributed by atoms with van der Waals surface area (Å²) in [5, 5.41) is 8.92. The number of hydrogen-bond donors (Lipinski definition) is 0. The summed E-state index contributed by atoms with van der Waals surface area (Å²) in [4.78, 5) is 6.56. The quantitative estimate of drug-likeness (QED) is 0.866. The molecule has 4 nitrogen and oxygen atoms in total. The molecule has 2 heterocycles. The predicted octanol–water partition coefficient (Wildman–Crippen LogP) is 3.00. The van der Waals surface area contributed by atoms with Gasteiger partial charge < -0.3 is 9.64 Å². The number of anilines is 1. The third-order valence-electron chi connectivity index (χ3n) is 3.66. The van der Waals surface area contributed by atoms with Crippen molar-refractivity contribution in [3.05, 3.63) is 54.2 Å². The van der Waals surface area contributed by atoms with Gasteiger partial charge in [-0.15, -0.1) is 0 Å². The molecule has 1 aliphatic rings. The van der Waals surface area contributed by atoms with Crippen LogP contribution in [0.15, 0.2) is 48.5 Å². The lowest BCUT2D eigenvalue weighted by Gasteiger charge is -2.33. The zero-order valence-corrected chi connectivity index (χ0v) is 11.8.